The van der Waals surface area contributed by atoms with Crippen LogP contribution in [-0.2, 0) is 31.4 Å². The number of hydrogen-bond acceptors (Lipinski definition) is 7. The molecule has 0 amide bonds. The number of hydrogen-bond donors (Lipinski definition) is 1. The zero-order chi connectivity index (χ0) is 22.1. The van der Waals surface area contributed by atoms with Gasteiger partial charge in [-0.25, -0.2) is 13.1 Å². The van der Waals surface area contributed by atoms with Crippen LogP contribution >= 0.6 is 8.25 Å². The van der Waals surface area contributed by atoms with Crippen molar-refractivity contribution in [1.82, 2.24) is 9.78 Å². The summed E-state index contributed by atoms with van der Waals surface area (Å²) in [5, 5.41) is 13.8. The van der Waals surface area contributed by atoms with Gasteiger partial charge in [-0.2, -0.15) is 10.4 Å². The molecule has 162 valence electrons. The molecule has 0 radical (unpaired) electrons. The number of sulfone groups is 1. The van der Waals surface area contributed by atoms with Crippen molar-refractivity contribution < 1.29 is 27.1 Å². The summed E-state index contributed by atoms with van der Waals surface area (Å²) < 4.78 is 47.3. The maximum atomic E-state index is 11.9. The summed E-state index contributed by atoms with van der Waals surface area (Å²) >= 11 is 0. The van der Waals surface area contributed by atoms with Crippen LogP contribution in [0.15, 0.2) is 12.1 Å². The second-order valence-electron chi connectivity index (χ2n) is 7.54. The van der Waals surface area contributed by atoms with E-state index in [4.69, 9.17) is 14.2 Å². The molecule has 1 aliphatic carbocycles. The van der Waals surface area contributed by atoms with Gasteiger partial charge in [0, 0.05) is 12.2 Å². The number of rotatable bonds is 8. The van der Waals surface area contributed by atoms with Gasteiger partial charge in [0.1, 0.15) is 29.6 Å². The SMILES string of the molecule is Cc1cc(Oc2c(C3CCC3)nn(CS(C)(=O)=O)c2CO[PH](=O)O)cc(C)c1C#N. The van der Waals surface area contributed by atoms with Crippen LogP contribution < -0.4 is 4.74 Å². The van der Waals surface area contributed by atoms with Gasteiger partial charge in [-0.1, -0.05) is 6.42 Å². The lowest BCUT2D eigenvalue weighted by Crippen LogP contribution is -2.14. The first kappa shape index (κ1) is 22.5. The summed E-state index contributed by atoms with van der Waals surface area (Å²) in [6.45, 7) is 3.30. The Kier molecular flexibility index (Phi) is 6.68. The van der Waals surface area contributed by atoms with E-state index in [0.29, 0.717) is 22.8 Å². The fourth-order valence-electron chi connectivity index (χ4n) is 3.44. The standard InChI is InChI=1S/C19H24N3O6PS/c1-12-7-15(8-13(2)16(12)9-20)28-19-17(10-27-29(23)24)22(11-30(3,25)26)21-18(19)14-5-4-6-14/h7-8,14,29H,4-6,10-11H2,1-3H3,(H,23,24). The average Bonchev–Trinajstić information content (AvgIpc) is 2.86. The molecule has 2 aromatic rings. The third-order valence-corrected chi connectivity index (χ3v) is 6.16. The first-order chi connectivity index (χ1) is 14.1. The maximum Gasteiger partial charge on any atom is 0.316 e. The quantitative estimate of drug-likeness (QED) is 0.602. The highest BCUT2D eigenvalue weighted by atomic mass is 32.2. The van der Waals surface area contributed by atoms with E-state index in [-0.39, 0.29) is 18.2 Å². The average molecular weight is 453 g/mol. The molecule has 1 heterocycles. The van der Waals surface area contributed by atoms with Crippen molar-refractivity contribution in [2.45, 2.75) is 51.5 Å². The lowest BCUT2D eigenvalue weighted by molar-refractivity contribution is 0.260. The van der Waals surface area contributed by atoms with Crippen molar-refractivity contribution >= 4 is 18.1 Å². The molecular formula is C19H24N3O6PS. The van der Waals surface area contributed by atoms with Gasteiger partial charge in [0.25, 0.3) is 0 Å². The van der Waals surface area contributed by atoms with E-state index in [1.165, 1.54) is 4.68 Å². The lowest BCUT2D eigenvalue weighted by Gasteiger charge is -2.24. The van der Waals surface area contributed by atoms with Gasteiger partial charge in [-0.3, -0.25) is 4.57 Å². The highest BCUT2D eigenvalue weighted by Gasteiger charge is 2.31. The van der Waals surface area contributed by atoms with Crippen LogP contribution in [0.3, 0.4) is 0 Å². The van der Waals surface area contributed by atoms with Gasteiger partial charge >= 0.3 is 8.25 Å². The van der Waals surface area contributed by atoms with Crippen molar-refractivity contribution in [2.75, 3.05) is 6.26 Å². The molecule has 1 atom stereocenters. The topological polar surface area (TPSA) is 132 Å². The number of benzene rings is 1. The van der Waals surface area contributed by atoms with E-state index >= 15 is 0 Å². The van der Waals surface area contributed by atoms with Gasteiger partial charge in [0.2, 0.25) is 0 Å². The van der Waals surface area contributed by atoms with Crippen LogP contribution in [0, 0.1) is 25.2 Å². The molecule has 0 saturated heterocycles. The molecule has 0 aliphatic heterocycles. The van der Waals surface area contributed by atoms with Crippen molar-refractivity contribution in [3.63, 3.8) is 0 Å². The fraction of sp³-hybridized carbons (Fsp3) is 0.474. The second kappa shape index (κ2) is 8.90. The Hall–Kier alpha value is -2.18. The number of aromatic nitrogens is 2. The molecule has 1 aromatic carbocycles. The van der Waals surface area contributed by atoms with Crippen LogP contribution in [0.25, 0.3) is 0 Å². The predicted molar refractivity (Wildman–Crippen MR) is 110 cm³/mol. The lowest BCUT2D eigenvalue weighted by atomic mass is 9.82. The molecule has 30 heavy (non-hydrogen) atoms. The minimum absolute atomic E-state index is 0.117. The Morgan fingerprint density at radius 2 is 1.97 bits per heavy atom. The Labute approximate surface area is 176 Å². The van der Waals surface area contributed by atoms with Crippen molar-refractivity contribution in [3.8, 4) is 17.6 Å². The van der Waals surface area contributed by atoms with Crippen LogP contribution in [0.4, 0.5) is 0 Å². The largest absolute Gasteiger partial charge is 0.453 e. The highest BCUT2D eigenvalue weighted by Crippen LogP contribution is 2.44. The first-order valence-electron chi connectivity index (χ1n) is 9.41. The molecule has 11 heteroatoms. The summed E-state index contributed by atoms with van der Waals surface area (Å²) in [5.74, 6) is 0.537. The molecule has 1 unspecified atom stereocenters. The summed E-state index contributed by atoms with van der Waals surface area (Å²) in [5.41, 5.74) is 2.96. The van der Waals surface area contributed by atoms with E-state index in [9.17, 15) is 18.2 Å². The highest BCUT2D eigenvalue weighted by molar-refractivity contribution is 7.89. The van der Waals surface area contributed by atoms with Crippen molar-refractivity contribution in [2.24, 2.45) is 0 Å². The Bertz CT molecular complexity index is 1110. The molecule has 1 N–H and O–H groups in total. The van der Waals surface area contributed by atoms with Gasteiger partial charge in [0.05, 0.1) is 11.6 Å². The molecule has 1 aliphatic rings. The Balaban J connectivity index is 2.10. The van der Waals surface area contributed by atoms with Gasteiger partial charge in [0.15, 0.2) is 15.6 Å². The second-order valence-corrected chi connectivity index (χ2v) is 10.5. The Morgan fingerprint density at radius 3 is 2.43 bits per heavy atom. The number of aryl methyl sites for hydroxylation is 2. The normalized spacial score (nSPS) is 15.4. The predicted octanol–water partition coefficient (Wildman–Crippen LogP) is 3.33. The molecule has 1 fully saturated rings. The van der Waals surface area contributed by atoms with Crippen LogP contribution in [0.2, 0.25) is 0 Å². The molecule has 9 nitrogen and oxygen atoms in total. The zero-order valence-corrected chi connectivity index (χ0v) is 18.8. The van der Waals surface area contributed by atoms with Crippen LogP contribution in [0.5, 0.6) is 11.5 Å². The number of nitrogens with zero attached hydrogens (tertiary/aromatic N) is 3. The molecular weight excluding hydrogens is 429 g/mol. The first-order valence-corrected chi connectivity index (χ1v) is 12.7. The van der Waals surface area contributed by atoms with E-state index in [1.807, 2.05) is 0 Å². The third kappa shape index (κ3) is 5.10. The summed E-state index contributed by atoms with van der Waals surface area (Å²) in [6, 6.07) is 5.61. The van der Waals surface area contributed by atoms with Crippen molar-refractivity contribution in [1.29, 1.82) is 5.26 Å². The molecule has 0 bridgehead atoms. The van der Waals surface area contributed by atoms with E-state index in [1.54, 1.807) is 26.0 Å². The number of nitriles is 1. The minimum Gasteiger partial charge on any atom is -0.453 e. The van der Waals surface area contributed by atoms with Crippen molar-refractivity contribution in [3.05, 3.63) is 40.2 Å². The minimum atomic E-state index is -3.43. The maximum absolute atomic E-state index is 11.9. The summed E-state index contributed by atoms with van der Waals surface area (Å²) in [4.78, 5) is 9.13. The number of ether oxygens (including phenoxy) is 1. The zero-order valence-electron chi connectivity index (χ0n) is 17.0. The van der Waals surface area contributed by atoms with Gasteiger partial charge in [-0.15, -0.1) is 0 Å². The smallest absolute Gasteiger partial charge is 0.316 e. The summed E-state index contributed by atoms with van der Waals surface area (Å²) in [7, 11) is -6.67. The molecule has 1 saturated carbocycles. The van der Waals surface area contributed by atoms with E-state index < -0.39 is 24.0 Å². The van der Waals surface area contributed by atoms with Crippen LogP contribution in [0.1, 0.15) is 53.3 Å². The van der Waals surface area contributed by atoms with Crippen LogP contribution in [-0.4, -0.2) is 29.3 Å². The Morgan fingerprint density at radius 1 is 1.33 bits per heavy atom. The third-order valence-electron chi connectivity index (χ3n) is 5.05. The van der Waals surface area contributed by atoms with E-state index in [2.05, 4.69) is 11.2 Å². The van der Waals surface area contributed by atoms with Gasteiger partial charge < -0.3 is 14.2 Å². The molecule has 1 aromatic heterocycles. The summed E-state index contributed by atoms with van der Waals surface area (Å²) in [6.07, 6.45) is 3.92. The molecule has 0 spiro atoms. The van der Waals surface area contributed by atoms with Gasteiger partial charge in [-0.05, 0) is 49.9 Å². The molecule has 3 rings (SSSR count). The fourth-order valence-corrected chi connectivity index (χ4v) is 4.35. The van der Waals surface area contributed by atoms with E-state index in [0.717, 1.165) is 36.6 Å². The monoisotopic (exact) mass is 453 g/mol.